The molecule has 0 saturated heterocycles. The zero-order valence-electron chi connectivity index (χ0n) is 31.1. The number of rotatable bonds is 7. The van der Waals surface area contributed by atoms with Crippen LogP contribution < -0.4 is 4.90 Å². The topological polar surface area (TPSA) is 21.3 Å². The average Bonchev–Trinajstić information content (AvgIpc) is 3.84. The van der Waals surface area contributed by atoms with Gasteiger partial charge in [-0.2, -0.15) is 0 Å². The standard InChI is InChI=1S/C54H36N2O/c1-4-18-37(19-5-1)41-24-10-13-29-47(41)56-48-30-14-11-26-45(48)53-50(31-17-32-51(53)56)55(40-22-8-3-9-23-40)49-35-34-39(36-46(49)38-20-6-2-7-21-38)42-27-16-28-44-43-25-12-15-33-52(43)57-54(42)44/h1-36H. The second kappa shape index (κ2) is 13.6. The first kappa shape index (κ1) is 32.8. The van der Waals surface area contributed by atoms with E-state index in [4.69, 9.17) is 4.42 Å². The molecule has 0 N–H and O–H groups in total. The highest BCUT2D eigenvalue weighted by Gasteiger charge is 2.24. The van der Waals surface area contributed by atoms with Crippen molar-refractivity contribution in [2.24, 2.45) is 0 Å². The number of fused-ring (bicyclic) bond motifs is 6. The van der Waals surface area contributed by atoms with Crippen molar-refractivity contribution in [3.05, 3.63) is 218 Å². The molecular weight excluding hydrogens is 693 g/mol. The molecule has 268 valence electrons. The highest BCUT2D eigenvalue weighted by atomic mass is 16.3. The molecule has 0 radical (unpaired) electrons. The third-order valence-corrected chi connectivity index (χ3v) is 11.2. The van der Waals surface area contributed by atoms with E-state index in [9.17, 15) is 0 Å². The Labute approximate surface area is 330 Å². The molecule has 0 aliphatic rings. The van der Waals surface area contributed by atoms with Crippen molar-refractivity contribution in [3.63, 3.8) is 0 Å². The fraction of sp³-hybridized carbons (Fsp3) is 0. The number of hydrogen-bond donors (Lipinski definition) is 0. The summed E-state index contributed by atoms with van der Waals surface area (Å²) in [6.07, 6.45) is 0. The molecule has 0 bridgehead atoms. The van der Waals surface area contributed by atoms with E-state index in [1.165, 1.54) is 21.9 Å². The maximum Gasteiger partial charge on any atom is 0.143 e. The molecule has 2 heterocycles. The first-order chi connectivity index (χ1) is 28.3. The lowest BCUT2D eigenvalue weighted by molar-refractivity contribution is 0.670. The minimum Gasteiger partial charge on any atom is -0.455 e. The highest BCUT2D eigenvalue weighted by Crippen LogP contribution is 2.48. The van der Waals surface area contributed by atoms with E-state index >= 15 is 0 Å². The van der Waals surface area contributed by atoms with Gasteiger partial charge in [0.05, 0.1) is 28.1 Å². The van der Waals surface area contributed by atoms with Crippen molar-refractivity contribution < 1.29 is 4.42 Å². The van der Waals surface area contributed by atoms with Crippen molar-refractivity contribution in [2.75, 3.05) is 4.90 Å². The van der Waals surface area contributed by atoms with Crippen LogP contribution in [0.15, 0.2) is 223 Å². The quantitative estimate of drug-likeness (QED) is 0.163. The lowest BCUT2D eigenvalue weighted by Crippen LogP contribution is -2.12. The first-order valence-electron chi connectivity index (χ1n) is 19.4. The van der Waals surface area contributed by atoms with Gasteiger partial charge < -0.3 is 13.9 Å². The van der Waals surface area contributed by atoms with E-state index in [1.807, 2.05) is 12.1 Å². The average molecular weight is 729 g/mol. The zero-order chi connectivity index (χ0) is 37.7. The number of para-hydroxylation sites is 5. The van der Waals surface area contributed by atoms with Crippen LogP contribution in [0.3, 0.4) is 0 Å². The van der Waals surface area contributed by atoms with E-state index in [0.717, 1.165) is 78.0 Å². The van der Waals surface area contributed by atoms with Crippen molar-refractivity contribution >= 4 is 60.8 Å². The molecule has 3 heteroatoms. The second-order valence-corrected chi connectivity index (χ2v) is 14.5. The van der Waals surface area contributed by atoms with E-state index in [0.29, 0.717) is 0 Å². The van der Waals surface area contributed by atoms with Crippen LogP contribution >= 0.6 is 0 Å². The van der Waals surface area contributed by atoms with Gasteiger partial charge in [-0.05, 0) is 71.3 Å². The van der Waals surface area contributed by atoms with E-state index in [1.54, 1.807) is 0 Å². The van der Waals surface area contributed by atoms with E-state index < -0.39 is 0 Å². The fourth-order valence-electron chi connectivity index (χ4n) is 8.68. The molecule has 2 aromatic heterocycles. The van der Waals surface area contributed by atoms with Gasteiger partial charge in [-0.15, -0.1) is 0 Å². The summed E-state index contributed by atoms with van der Waals surface area (Å²) >= 11 is 0. The van der Waals surface area contributed by atoms with Crippen LogP contribution in [-0.4, -0.2) is 4.57 Å². The summed E-state index contributed by atoms with van der Waals surface area (Å²) in [6, 6.07) is 78.1. The molecule has 11 rings (SSSR count). The lowest BCUT2D eigenvalue weighted by Gasteiger charge is -2.29. The highest BCUT2D eigenvalue weighted by molar-refractivity contribution is 6.17. The molecule has 0 fully saturated rings. The van der Waals surface area contributed by atoms with Gasteiger partial charge in [-0.25, -0.2) is 0 Å². The van der Waals surface area contributed by atoms with Gasteiger partial charge in [0.1, 0.15) is 11.2 Å². The van der Waals surface area contributed by atoms with E-state index in [-0.39, 0.29) is 0 Å². The Morgan fingerprint density at radius 1 is 0.368 bits per heavy atom. The minimum atomic E-state index is 0.897. The van der Waals surface area contributed by atoms with Gasteiger partial charge in [0.2, 0.25) is 0 Å². The van der Waals surface area contributed by atoms with Crippen molar-refractivity contribution in [3.8, 4) is 39.1 Å². The van der Waals surface area contributed by atoms with Gasteiger partial charge in [0.15, 0.2) is 0 Å². The Morgan fingerprint density at radius 3 is 1.77 bits per heavy atom. The Balaban J connectivity index is 1.18. The lowest BCUT2D eigenvalue weighted by atomic mass is 9.95. The summed E-state index contributed by atoms with van der Waals surface area (Å²) in [4.78, 5) is 2.44. The molecule has 0 amide bonds. The molecule has 0 saturated carbocycles. The SMILES string of the molecule is c1ccc(-c2cc(-c3cccc4c3oc3ccccc34)ccc2N(c2ccccc2)c2cccc3c2c2ccccc2n3-c2ccccc2-c2ccccc2)cc1. The van der Waals surface area contributed by atoms with Crippen molar-refractivity contribution in [1.29, 1.82) is 0 Å². The zero-order valence-corrected chi connectivity index (χ0v) is 31.1. The third-order valence-electron chi connectivity index (χ3n) is 11.2. The molecule has 0 atom stereocenters. The van der Waals surface area contributed by atoms with Crippen LogP contribution in [0.1, 0.15) is 0 Å². The summed E-state index contributed by atoms with van der Waals surface area (Å²) in [7, 11) is 0. The van der Waals surface area contributed by atoms with Crippen LogP contribution in [-0.2, 0) is 0 Å². The summed E-state index contributed by atoms with van der Waals surface area (Å²) < 4.78 is 8.99. The molecule has 0 spiro atoms. The predicted octanol–water partition coefficient (Wildman–Crippen LogP) is 15.2. The summed E-state index contributed by atoms with van der Waals surface area (Å²) in [5.74, 6) is 0. The van der Waals surface area contributed by atoms with E-state index in [2.05, 4.69) is 216 Å². The summed E-state index contributed by atoms with van der Waals surface area (Å²) in [5, 5.41) is 4.63. The van der Waals surface area contributed by atoms with Crippen LogP contribution in [0, 0.1) is 0 Å². The van der Waals surface area contributed by atoms with Gasteiger partial charge in [0.25, 0.3) is 0 Å². The second-order valence-electron chi connectivity index (χ2n) is 14.5. The minimum absolute atomic E-state index is 0.897. The van der Waals surface area contributed by atoms with Crippen molar-refractivity contribution in [2.45, 2.75) is 0 Å². The molecule has 0 aliphatic heterocycles. The number of anilines is 3. The molecule has 0 unspecified atom stereocenters. The fourth-order valence-corrected chi connectivity index (χ4v) is 8.68. The maximum atomic E-state index is 6.55. The number of aromatic nitrogens is 1. The maximum absolute atomic E-state index is 6.55. The van der Waals surface area contributed by atoms with Crippen LogP contribution in [0.25, 0.3) is 82.8 Å². The smallest absolute Gasteiger partial charge is 0.143 e. The van der Waals surface area contributed by atoms with Gasteiger partial charge in [-0.3, -0.25) is 0 Å². The Bertz CT molecular complexity index is 3230. The molecular formula is C54H36N2O. The van der Waals surface area contributed by atoms with Crippen LogP contribution in [0.5, 0.6) is 0 Å². The first-order valence-corrected chi connectivity index (χ1v) is 19.4. The molecule has 3 nitrogen and oxygen atoms in total. The van der Waals surface area contributed by atoms with Crippen molar-refractivity contribution in [1.82, 2.24) is 4.57 Å². The summed E-state index contributed by atoms with van der Waals surface area (Å²) in [5.41, 5.74) is 15.3. The number of hydrogen-bond acceptors (Lipinski definition) is 2. The van der Waals surface area contributed by atoms with Gasteiger partial charge in [0, 0.05) is 43.9 Å². The summed E-state index contributed by atoms with van der Waals surface area (Å²) in [6.45, 7) is 0. The molecule has 11 aromatic rings. The largest absolute Gasteiger partial charge is 0.455 e. The predicted molar refractivity (Wildman–Crippen MR) is 239 cm³/mol. The molecule has 0 aliphatic carbocycles. The molecule has 57 heavy (non-hydrogen) atoms. The third kappa shape index (κ3) is 5.43. The normalized spacial score (nSPS) is 11.5. The van der Waals surface area contributed by atoms with Gasteiger partial charge >= 0.3 is 0 Å². The Morgan fingerprint density at radius 2 is 0.965 bits per heavy atom. The molecule has 9 aromatic carbocycles. The Kier molecular flexibility index (Phi) is 7.82. The van der Waals surface area contributed by atoms with Crippen LogP contribution in [0.2, 0.25) is 0 Å². The van der Waals surface area contributed by atoms with Crippen LogP contribution in [0.4, 0.5) is 17.1 Å². The number of furan rings is 1. The van der Waals surface area contributed by atoms with Gasteiger partial charge in [-0.1, -0.05) is 164 Å². The number of benzene rings is 9. The number of nitrogens with zero attached hydrogens (tertiary/aromatic N) is 2. The monoisotopic (exact) mass is 728 g/mol. The Hall–Kier alpha value is -7.62.